The van der Waals surface area contributed by atoms with Gasteiger partial charge in [-0.25, -0.2) is 0 Å². The van der Waals surface area contributed by atoms with Crippen molar-refractivity contribution in [3.05, 3.63) is 48.2 Å². The van der Waals surface area contributed by atoms with E-state index in [1.54, 1.807) is 18.3 Å². The molecule has 0 saturated heterocycles. The first-order valence-electron chi connectivity index (χ1n) is 6.35. The van der Waals surface area contributed by atoms with Gasteiger partial charge in [0.15, 0.2) is 0 Å². The molecule has 20 heavy (non-hydrogen) atoms. The van der Waals surface area contributed by atoms with Gasteiger partial charge in [-0.1, -0.05) is 6.07 Å². The zero-order valence-electron chi connectivity index (χ0n) is 11.0. The molecular formula is C15H15N3O2. The summed E-state index contributed by atoms with van der Waals surface area (Å²) in [5.41, 5.74) is 2.62. The molecule has 0 fully saturated rings. The van der Waals surface area contributed by atoms with Gasteiger partial charge in [-0.3, -0.25) is 5.10 Å². The van der Waals surface area contributed by atoms with E-state index in [2.05, 4.69) is 15.5 Å². The molecule has 3 aromatic rings. The number of nitrogens with one attached hydrogen (secondary N) is 2. The lowest BCUT2D eigenvalue weighted by Gasteiger charge is -2.17. The predicted molar refractivity (Wildman–Crippen MR) is 77.9 cm³/mol. The molecule has 1 unspecified atom stereocenters. The fourth-order valence-electron chi connectivity index (χ4n) is 2.30. The van der Waals surface area contributed by atoms with Crippen LogP contribution in [0.25, 0.3) is 10.9 Å². The third kappa shape index (κ3) is 2.14. The van der Waals surface area contributed by atoms with Gasteiger partial charge in [0.2, 0.25) is 0 Å². The average Bonchev–Trinajstić information content (AvgIpc) is 2.87. The first-order chi connectivity index (χ1) is 9.65. The Kier molecular flexibility index (Phi) is 2.95. The van der Waals surface area contributed by atoms with E-state index in [1.807, 2.05) is 25.1 Å². The topological polar surface area (TPSA) is 81.2 Å². The molecule has 5 heteroatoms. The second-order valence-corrected chi connectivity index (χ2v) is 4.75. The van der Waals surface area contributed by atoms with Crippen LogP contribution in [0.15, 0.2) is 42.6 Å². The second-order valence-electron chi connectivity index (χ2n) is 4.75. The number of aromatic amines is 1. The maximum atomic E-state index is 9.89. The van der Waals surface area contributed by atoms with Crippen LogP contribution in [0, 0.1) is 0 Å². The summed E-state index contributed by atoms with van der Waals surface area (Å²) >= 11 is 0. The third-order valence-electron chi connectivity index (χ3n) is 3.34. The molecule has 0 radical (unpaired) electrons. The number of phenols is 2. The summed E-state index contributed by atoms with van der Waals surface area (Å²) in [5, 5.41) is 30.5. The van der Waals surface area contributed by atoms with Crippen LogP contribution in [0.1, 0.15) is 18.5 Å². The van der Waals surface area contributed by atoms with Gasteiger partial charge in [0.25, 0.3) is 0 Å². The molecule has 3 rings (SSSR count). The van der Waals surface area contributed by atoms with Crippen LogP contribution in [0.3, 0.4) is 0 Å². The second kappa shape index (κ2) is 4.77. The highest BCUT2D eigenvalue weighted by Gasteiger charge is 2.12. The van der Waals surface area contributed by atoms with Crippen molar-refractivity contribution in [1.29, 1.82) is 0 Å². The van der Waals surface area contributed by atoms with Crippen molar-refractivity contribution in [3.8, 4) is 11.5 Å². The molecule has 5 nitrogen and oxygen atoms in total. The molecule has 1 aromatic heterocycles. The summed E-state index contributed by atoms with van der Waals surface area (Å²) in [4.78, 5) is 0. The lowest BCUT2D eigenvalue weighted by atomic mass is 10.1. The van der Waals surface area contributed by atoms with Gasteiger partial charge in [0.05, 0.1) is 17.8 Å². The van der Waals surface area contributed by atoms with Gasteiger partial charge in [-0.2, -0.15) is 5.10 Å². The Bertz CT molecular complexity index is 752. The minimum absolute atomic E-state index is 0.0513. The Labute approximate surface area is 115 Å². The van der Waals surface area contributed by atoms with Crippen molar-refractivity contribution in [2.45, 2.75) is 13.0 Å². The highest BCUT2D eigenvalue weighted by molar-refractivity contribution is 5.91. The van der Waals surface area contributed by atoms with E-state index in [9.17, 15) is 10.2 Å². The van der Waals surface area contributed by atoms with Gasteiger partial charge < -0.3 is 15.5 Å². The van der Waals surface area contributed by atoms with Crippen LogP contribution in [0.4, 0.5) is 5.69 Å². The molecule has 2 aromatic carbocycles. The number of nitrogens with zero attached hydrogens (tertiary/aromatic N) is 1. The number of hydrogen-bond donors (Lipinski definition) is 4. The van der Waals surface area contributed by atoms with Crippen molar-refractivity contribution >= 4 is 16.6 Å². The van der Waals surface area contributed by atoms with Gasteiger partial charge in [0, 0.05) is 22.7 Å². The molecule has 1 atom stereocenters. The largest absolute Gasteiger partial charge is 0.508 e. The van der Waals surface area contributed by atoms with Gasteiger partial charge >= 0.3 is 0 Å². The number of hydrogen-bond acceptors (Lipinski definition) is 4. The monoisotopic (exact) mass is 269 g/mol. The van der Waals surface area contributed by atoms with E-state index < -0.39 is 0 Å². The molecule has 0 aliphatic rings. The first-order valence-corrected chi connectivity index (χ1v) is 6.35. The molecule has 0 saturated carbocycles. The van der Waals surface area contributed by atoms with Crippen LogP contribution < -0.4 is 5.32 Å². The van der Waals surface area contributed by atoms with Crippen LogP contribution in [0.2, 0.25) is 0 Å². The summed E-state index contributed by atoms with van der Waals surface area (Å²) in [6.07, 6.45) is 1.76. The van der Waals surface area contributed by atoms with Crippen LogP contribution >= 0.6 is 0 Å². The normalized spacial score (nSPS) is 12.4. The van der Waals surface area contributed by atoms with Gasteiger partial charge in [0.1, 0.15) is 11.5 Å². The van der Waals surface area contributed by atoms with Crippen molar-refractivity contribution < 1.29 is 10.2 Å². The van der Waals surface area contributed by atoms with Crippen molar-refractivity contribution in [2.24, 2.45) is 0 Å². The third-order valence-corrected chi connectivity index (χ3v) is 3.34. The Morgan fingerprint density at radius 2 is 2.05 bits per heavy atom. The molecule has 0 aliphatic carbocycles. The van der Waals surface area contributed by atoms with Gasteiger partial charge in [-0.05, 0) is 31.2 Å². The fourth-order valence-corrected chi connectivity index (χ4v) is 2.30. The van der Waals surface area contributed by atoms with E-state index in [1.165, 1.54) is 6.07 Å². The van der Waals surface area contributed by atoms with E-state index in [0.29, 0.717) is 0 Å². The Morgan fingerprint density at radius 3 is 2.85 bits per heavy atom. The summed E-state index contributed by atoms with van der Waals surface area (Å²) in [7, 11) is 0. The summed E-state index contributed by atoms with van der Waals surface area (Å²) in [6.45, 7) is 1.95. The standard InChI is InChI=1S/C15H15N3O2/c1-9(11-6-5-10(19)7-15(11)20)17-13-3-2-4-14-12(13)8-16-18-14/h2-9,17,19-20H,1H3,(H,16,18). The zero-order chi connectivity index (χ0) is 14.1. The van der Waals surface area contributed by atoms with Crippen molar-refractivity contribution in [3.63, 3.8) is 0 Å². The lowest BCUT2D eigenvalue weighted by molar-refractivity contribution is 0.444. The lowest BCUT2D eigenvalue weighted by Crippen LogP contribution is -2.06. The summed E-state index contributed by atoms with van der Waals surface area (Å²) in [6, 6.07) is 10.4. The van der Waals surface area contributed by atoms with E-state index in [4.69, 9.17) is 0 Å². The number of phenolic OH excluding ortho intramolecular Hbond substituents is 2. The van der Waals surface area contributed by atoms with Gasteiger partial charge in [-0.15, -0.1) is 0 Å². The molecule has 1 heterocycles. The number of fused-ring (bicyclic) bond motifs is 1. The molecule has 4 N–H and O–H groups in total. The SMILES string of the molecule is CC(Nc1cccc2[nH]ncc12)c1ccc(O)cc1O. The van der Waals surface area contributed by atoms with Crippen LogP contribution in [-0.2, 0) is 0 Å². The number of H-pyrrole nitrogens is 1. The maximum absolute atomic E-state index is 9.89. The summed E-state index contributed by atoms with van der Waals surface area (Å²) < 4.78 is 0. The maximum Gasteiger partial charge on any atom is 0.124 e. The highest BCUT2D eigenvalue weighted by atomic mass is 16.3. The van der Waals surface area contributed by atoms with Crippen molar-refractivity contribution in [1.82, 2.24) is 10.2 Å². The number of aromatic hydroxyl groups is 2. The Balaban J connectivity index is 1.92. The molecule has 0 spiro atoms. The van der Waals surface area contributed by atoms with E-state index in [0.717, 1.165) is 22.2 Å². The minimum Gasteiger partial charge on any atom is -0.508 e. The Hall–Kier alpha value is -2.69. The molecule has 102 valence electrons. The predicted octanol–water partition coefficient (Wildman–Crippen LogP) is 3.15. The highest BCUT2D eigenvalue weighted by Crippen LogP contribution is 2.31. The Morgan fingerprint density at radius 1 is 1.20 bits per heavy atom. The fraction of sp³-hybridized carbons (Fsp3) is 0.133. The zero-order valence-corrected chi connectivity index (χ0v) is 11.0. The average molecular weight is 269 g/mol. The van der Waals surface area contributed by atoms with Crippen molar-refractivity contribution in [2.75, 3.05) is 5.32 Å². The first kappa shape index (κ1) is 12.3. The van der Waals surface area contributed by atoms with Crippen LogP contribution in [-0.4, -0.2) is 20.4 Å². The van der Waals surface area contributed by atoms with Crippen LogP contribution in [0.5, 0.6) is 11.5 Å². The smallest absolute Gasteiger partial charge is 0.124 e. The quantitative estimate of drug-likeness (QED) is 0.589. The van der Waals surface area contributed by atoms with E-state index in [-0.39, 0.29) is 17.5 Å². The molecular weight excluding hydrogens is 254 g/mol. The summed E-state index contributed by atoms with van der Waals surface area (Å²) in [5.74, 6) is 0.125. The molecule has 0 amide bonds. The molecule has 0 aliphatic heterocycles. The molecule has 0 bridgehead atoms. The number of rotatable bonds is 3. The van der Waals surface area contributed by atoms with E-state index >= 15 is 0 Å². The number of anilines is 1. The minimum atomic E-state index is -0.101. The number of aromatic nitrogens is 2. The number of benzene rings is 2.